The van der Waals surface area contributed by atoms with Crippen LogP contribution in [-0.4, -0.2) is 21.6 Å². The molecular weight excluding hydrogens is 334 g/mol. The third-order valence-electron chi connectivity index (χ3n) is 3.24. The highest BCUT2D eigenvalue weighted by Crippen LogP contribution is 2.26. The van der Waals surface area contributed by atoms with Crippen LogP contribution in [0.4, 0.5) is 5.69 Å². The minimum absolute atomic E-state index is 0.0580. The van der Waals surface area contributed by atoms with Crippen molar-refractivity contribution in [2.24, 2.45) is 0 Å². The number of hydrogen-bond donors (Lipinski definition) is 1. The van der Waals surface area contributed by atoms with Gasteiger partial charge < -0.3 is 14.2 Å². The fraction of sp³-hybridized carbons (Fsp3) is 0.200. The number of hydrogen-bond acceptors (Lipinski definition) is 7. The van der Waals surface area contributed by atoms with Gasteiger partial charge in [0.15, 0.2) is 5.58 Å². The zero-order chi connectivity index (χ0) is 17.1. The third-order valence-corrected chi connectivity index (χ3v) is 4.06. The van der Waals surface area contributed by atoms with Gasteiger partial charge in [-0.1, -0.05) is 11.8 Å². The van der Waals surface area contributed by atoms with Gasteiger partial charge in [-0.2, -0.15) is 0 Å². The van der Waals surface area contributed by atoms with Crippen LogP contribution in [0, 0.1) is 10.1 Å². The molecule has 0 saturated carbocycles. The van der Waals surface area contributed by atoms with Gasteiger partial charge in [-0.05, 0) is 25.1 Å². The predicted octanol–water partition coefficient (Wildman–Crippen LogP) is 3.30. The van der Waals surface area contributed by atoms with Gasteiger partial charge in [0.1, 0.15) is 11.3 Å². The zero-order valence-electron chi connectivity index (χ0n) is 12.6. The Kier molecular flexibility index (Phi) is 4.52. The number of benzene rings is 1. The highest BCUT2D eigenvalue weighted by molar-refractivity contribution is 7.99. The summed E-state index contributed by atoms with van der Waals surface area (Å²) in [6.07, 6.45) is 1.55. The summed E-state index contributed by atoms with van der Waals surface area (Å²) in [7, 11) is 0. The molecule has 0 saturated heterocycles. The first-order chi connectivity index (χ1) is 11.5. The molecule has 124 valence electrons. The Morgan fingerprint density at radius 2 is 2.29 bits per heavy atom. The molecule has 1 N–H and O–H groups in total. The minimum Gasteiger partial charge on any atom is -0.467 e. The highest BCUT2D eigenvalue weighted by Gasteiger charge is 2.15. The van der Waals surface area contributed by atoms with Gasteiger partial charge in [-0.3, -0.25) is 14.9 Å². The van der Waals surface area contributed by atoms with E-state index in [1.807, 2.05) is 6.92 Å². The summed E-state index contributed by atoms with van der Waals surface area (Å²) in [5, 5.41) is 13.8. The number of rotatable bonds is 6. The van der Waals surface area contributed by atoms with E-state index in [2.05, 4.69) is 10.3 Å². The number of nitrogens with one attached hydrogen (secondary N) is 1. The van der Waals surface area contributed by atoms with E-state index >= 15 is 0 Å². The van der Waals surface area contributed by atoms with Crippen molar-refractivity contribution in [1.29, 1.82) is 0 Å². The summed E-state index contributed by atoms with van der Waals surface area (Å²) >= 11 is 1.12. The Bertz CT molecular complexity index is 875. The summed E-state index contributed by atoms with van der Waals surface area (Å²) in [4.78, 5) is 26.4. The molecule has 1 amide bonds. The second kappa shape index (κ2) is 6.75. The Balaban J connectivity index is 1.60. The molecule has 0 spiro atoms. The molecule has 2 aromatic heterocycles. The quantitative estimate of drug-likeness (QED) is 0.413. The van der Waals surface area contributed by atoms with Crippen molar-refractivity contribution in [2.75, 3.05) is 5.75 Å². The molecule has 24 heavy (non-hydrogen) atoms. The van der Waals surface area contributed by atoms with Crippen molar-refractivity contribution in [3.63, 3.8) is 0 Å². The molecule has 0 bridgehead atoms. The van der Waals surface area contributed by atoms with Crippen LogP contribution >= 0.6 is 11.8 Å². The summed E-state index contributed by atoms with van der Waals surface area (Å²) in [6.45, 7) is 1.82. The maximum atomic E-state index is 11.9. The topological polar surface area (TPSA) is 111 Å². The molecule has 0 aliphatic carbocycles. The van der Waals surface area contributed by atoms with Crippen LogP contribution in [0.3, 0.4) is 0 Å². The van der Waals surface area contributed by atoms with E-state index in [0.717, 1.165) is 11.8 Å². The Morgan fingerprint density at radius 3 is 3.00 bits per heavy atom. The lowest BCUT2D eigenvalue weighted by Crippen LogP contribution is -2.27. The average Bonchev–Trinajstić information content (AvgIpc) is 3.21. The van der Waals surface area contributed by atoms with Gasteiger partial charge in [0.2, 0.25) is 5.91 Å². The molecule has 8 nitrogen and oxygen atoms in total. The number of non-ortho nitro benzene ring substituents is 1. The number of carbonyl (C=O) groups is 1. The predicted molar refractivity (Wildman–Crippen MR) is 86.7 cm³/mol. The van der Waals surface area contributed by atoms with Crippen molar-refractivity contribution < 1.29 is 18.6 Å². The number of fused-ring (bicyclic) bond motifs is 1. The second-order valence-corrected chi connectivity index (χ2v) is 5.91. The normalized spacial score (nSPS) is 12.2. The minimum atomic E-state index is -0.496. The lowest BCUT2D eigenvalue weighted by molar-refractivity contribution is -0.384. The van der Waals surface area contributed by atoms with E-state index in [-0.39, 0.29) is 28.6 Å². The van der Waals surface area contributed by atoms with Crippen LogP contribution in [0.2, 0.25) is 0 Å². The first kappa shape index (κ1) is 16.1. The van der Waals surface area contributed by atoms with Crippen LogP contribution in [0.25, 0.3) is 11.1 Å². The van der Waals surface area contributed by atoms with Crippen molar-refractivity contribution in [1.82, 2.24) is 10.3 Å². The summed E-state index contributed by atoms with van der Waals surface area (Å²) < 4.78 is 10.7. The monoisotopic (exact) mass is 347 g/mol. The Morgan fingerprint density at radius 1 is 1.46 bits per heavy atom. The van der Waals surface area contributed by atoms with Gasteiger partial charge in [-0.25, -0.2) is 4.98 Å². The number of nitrogens with zero attached hydrogens (tertiary/aromatic N) is 2. The number of nitro groups is 1. The number of oxazole rings is 1. The molecule has 0 aliphatic rings. The summed E-state index contributed by atoms with van der Waals surface area (Å²) in [5.41, 5.74) is 0.765. The molecule has 2 heterocycles. The van der Waals surface area contributed by atoms with Gasteiger partial charge >= 0.3 is 0 Å². The van der Waals surface area contributed by atoms with E-state index < -0.39 is 4.92 Å². The summed E-state index contributed by atoms with van der Waals surface area (Å²) in [6, 6.07) is 7.47. The molecule has 1 atom stereocenters. The summed E-state index contributed by atoms with van der Waals surface area (Å²) in [5.74, 6) is 0.583. The van der Waals surface area contributed by atoms with E-state index in [0.29, 0.717) is 16.9 Å². The van der Waals surface area contributed by atoms with E-state index in [1.54, 1.807) is 18.4 Å². The lowest BCUT2D eigenvalue weighted by atomic mass is 10.2. The molecule has 0 unspecified atom stereocenters. The van der Waals surface area contributed by atoms with Crippen molar-refractivity contribution in [2.45, 2.75) is 18.2 Å². The number of furan rings is 1. The van der Waals surface area contributed by atoms with Crippen LogP contribution in [-0.2, 0) is 4.79 Å². The third kappa shape index (κ3) is 3.57. The fourth-order valence-corrected chi connectivity index (χ4v) is 2.74. The lowest BCUT2D eigenvalue weighted by Gasteiger charge is -2.10. The molecule has 0 aliphatic heterocycles. The van der Waals surface area contributed by atoms with E-state index in [4.69, 9.17) is 8.83 Å². The molecule has 1 aromatic carbocycles. The first-order valence-corrected chi connectivity index (χ1v) is 8.02. The number of aromatic nitrogens is 1. The fourth-order valence-electron chi connectivity index (χ4n) is 2.09. The largest absolute Gasteiger partial charge is 0.467 e. The van der Waals surface area contributed by atoms with Crippen LogP contribution in [0.5, 0.6) is 0 Å². The Labute approximate surface area is 140 Å². The van der Waals surface area contributed by atoms with E-state index in [1.165, 1.54) is 18.2 Å². The van der Waals surface area contributed by atoms with Gasteiger partial charge in [0.25, 0.3) is 10.9 Å². The number of carbonyl (C=O) groups excluding carboxylic acids is 1. The maximum Gasteiger partial charge on any atom is 0.271 e. The van der Waals surface area contributed by atoms with Crippen molar-refractivity contribution in [3.8, 4) is 0 Å². The standard InChI is InChI=1S/C15H13N3O5S/c1-9(12-3-2-6-22-12)16-14(19)8-24-15-17-11-7-10(18(20)21)4-5-13(11)23-15/h2-7,9H,8H2,1H3,(H,16,19)/t9-/m1/s1. The van der Waals surface area contributed by atoms with Crippen LogP contribution in [0.15, 0.2) is 50.7 Å². The molecule has 3 rings (SSSR count). The SMILES string of the molecule is C[C@@H](NC(=O)CSc1nc2cc([N+](=O)[O-])ccc2o1)c1ccco1. The number of thioether (sulfide) groups is 1. The molecule has 3 aromatic rings. The molecule has 9 heteroatoms. The van der Waals surface area contributed by atoms with Crippen molar-refractivity contribution >= 4 is 34.5 Å². The molecular formula is C15H13N3O5S. The second-order valence-electron chi connectivity index (χ2n) is 4.98. The average molecular weight is 347 g/mol. The smallest absolute Gasteiger partial charge is 0.271 e. The van der Waals surface area contributed by atoms with E-state index in [9.17, 15) is 14.9 Å². The van der Waals surface area contributed by atoms with Crippen LogP contribution in [0.1, 0.15) is 18.7 Å². The zero-order valence-corrected chi connectivity index (χ0v) is 13.4. The Hall–Kier alpha value is -2.81. The van der Waals surface area contributed by atoms with Gasteiger partial charge in [0.05, 0.1) is 23.0 Å². The maximum absolute atomic E-state index is 11.9. The number of amides is 1. The molecule has 0 radical (unpaired) electrons. The number of nitro benzene ring substituents is 1. The van der Waals surface area contributed by atoms with Gasteiger partial charge in [-0.15, -0.1) is 0 Å². The van der Waals surface area contributed by atoms with Crippen LogP contribution < -0.4 is 5.32 Å². The highest BCUT2D eigenvalue weighted by atomic mass is 32.2. The van der Waals surface area contributed by atoms with Gasteiger partial charge in [0, 0.05) is 12.1 Å². The molecule has 0 fully saturated rings. The first-order valence-electron chi connectivity index (χ1n) is 7.03. The van der Waals surface area contributed by atoms with Crippen molar-refractivity contribution in [3.05, 3.63) is 52.5 Å².